The maximum absolute atomic E-state index is 13.1. The molecule has 2 heterocycles. The summed E-state index contributed by atoms with van der Waals surface area (Å²) in [7, 11) is 3.55. The van der Waals surface area contributed by atoms with Gasteiger partial charge in [-0.25, -0.2) is 4.39 Å². The van der Waals surface area contributed by atoms with Crippen LogP contribution in [0.2, 0.25) is 0 Å². The average molecular weight is 276 g/mol. The van der Waals surface area contributed by atoms with Gasteiger partial charge in [-0.05, 0) is 44.0 Å². The van der Waals surface area contributed by atoms with Gasteiger partial charge < -0.3 is 4.74 Å². The third-order valence-corrected chi connectivity index (χ3v) is 5.04. The number of carbonyl (C=O) groups excluding carboxylic acids is 1. The SMILES string of the molecule is COC(=O)[C@@H]1C2CCC(C[C@@H]1c1ccc(F)cc1)N2[11CH3]. The van der Waals surface area contributed by atoms with Crippen LogP contribution in [0.1, 0.15) is 30.7 Å². The summed E-state index contributed by atoms with van der Waals surface area (Å²) < 4.78 is 18.1. The van der Waals surface area contributed by atoms with Crippen molar-refractivity contribution in [2.75, 3.05) is 14.2 Å². The molecule has 1 aromatic carbocycles. The molecule has 3 nitrogen and oxygen atoms in total. The van der Waals surface area contributed by atoms with Gasteiger partial charge in [-0.1, -0.05) is 12.1 Å². The van der Waals surface area contributed by atoms with Crippen LogP contribution < -0.4 is 0 Å². The van der Waals surface area contributed by atoms with Crippen molar-refractivity contribution in [2.45, 2.75) is 37.3 Å². The molecule has 2 aliphatic heterocycles. The van der Waals surface area contributed by atoms with E-state index in [0.29, 0.717) is 6.04 Å². The normalized spacial score (nSPS) is 33.1. The number of hydrogen-bond donors (Lipinski definition) is 0. The van der Waals surface area contributed by atoms with Crippen LogP contribution in [0, 0.1) is 11.7 Å². The molecule has 2 aliphatic rings. The molecule has 4 heteroatoms. The summed E-state index contributed by atoms with van der Waals surface area (Å²) in [6.07, 6.45) is 3.11. The Balaban J connectivity index is 1.95. The van der Waals surface area contributed by atoms with E-state index in [4.69, 9.17) is 4.74 Å². The van der Waals surface area contributed by atoms with E-state index in [2.05, 4.69) is 11.9 Å². The van der Waals surface area contributed by atoms with Crippen LogP contribution in [-0.4, -0.2) is 37.1 Å². The van der Waals surface area contributed by atoms with Gasteiger partial charge in [-0.2, -0.15) is 0 Å². The summed E-state index contributed by atoms with van der Waals surface area (Å²) in [5.41, 5.74) is 1.05. The molecule has 3 rings (SSSR count). The highest BCUT2D eigenvalue weighted by Gasteiger charge is 2.49. The Morgan fingerprint density at radius 3 is 2.65 bits per heavy atom. The number of halogens is 1. The Morgan fingerprint density at radius 1 is 1.30 bits per heavy atom. The highest BCUT2D eigenvalue weighted by atomic mass is 19.1. The lowest BCUT2D eigenvalue weighted by atomic mass is 9.75. The Morgan fingerprint density at radius 2 is 2.00 bits per heavy atom. The minimum absolute atomic E-state index is 0.136. The monoisotopic (exact) mass is 276 g/mol. The molecule has 2 unspecified atom stereocenters. The number of methoxy groups -OCH3 is 1. The Bertz CT molecular complexity index is 502. The number of nitrogens with zero attached hydrogens (tertiary/aromatic N) is 1. The molecule has 0 aliphatic carbocycles. The summed E-state index contributed by atoms with van der Waals surface area (Å²) in [5, 5.41) is 0. The maximum atomic E-state index is 13.1. The van der Waals surface area contributed by atoms with Crippen LogP contribution in [0.3, 0.4) is 0 Å². The number of piperidine rings is 1. The van der Waals surface area contributed by atoms with Crippen molar-refractivity contribution in [3.63, 3.8) is 0 Å². The zero-order valence-electron chi connectivity index (χ0n) is 11.9. The van der Waals surface area contributed by atoms with Gasteiger partial charge in [0.25, 0.3) is 0 Å². The van der Waals surface area contributed by atoms with E-state index >= 15 is 0 Å². The lowest BCUT2D eigenvalue weighted by molar-refractivity contribution is -0.150. The maximum Gasteiger partial charge on any atom is 0.310 e. The molecule has 0 spiro atoms. The number of benzene rings is 1. The summed E-state index contributed by atoms with van der Waals surface area (Å²) in [6.45, 7) is 0. The molecule has 4 atom stereocenters. The molecule has 2 saturated heterocycles. The fraction of sp³-hybridized carbons (Fsp3) is 0.562. The molecular weight excluding hydrogens is 256 g/mol. The number of fused-ring (bicyclic) bond motifs is 2. The van der Waals surface area contributed by atoms with Crippen LogP contribution in [0.5, 0.6) is 0 Å². The molecule has 1 aromatic rings. The van der Waals surface area contributed by atoms with E-state index in [9.17, 15) is 9.18 Å². The molecule has 0 aromatic heterocycles. The van der Waals surface area contributed by atoms with Crippen molar-refractivity contribution in [1.82, 2.24) is 4.90 Å². The number of esters is 1. The molecule has 0 radical (unpaired) electrons. The minimum Gasteiger partial charge on any atom is -0.469 e. The van der Waals surface area contributed by atoms with E-state index in [1.54, 1.807) is 12.1 Å². The largest absolute Gasteiger partial charge is 0.469 e. The average Bonchev–Trinajstić information content (AvgIpc) is 2.70. The first-order valence-corrected chi connectivity index (χ1v) is 7.17. The number of hydrogen-bond acceptors (Lipinski definition) is 3. The van der Waals surface area contributed by atoms with Crippen molar-refractivity contribution in [3.8, 4) is 0 Å². The van der Waals surface area contributed by atoms with Crippen LogP contribution in [0.25, 0.3) is 0 Å². The van der Waals surface area contributed by atoms with Gasteiger partial charge >= 0.3 is 5.97 Å². The fourth-order valence-electron chi connectivity index (χ4n) is 3.98. The predicted octanol–water partition coefficient (Wildman–Crippen LogP) is 2.57. The highest BCUT2D eigenvalue weighted by Crippen LogP contribution is 2.46. The van der Waals surface area contributed by atoms with Gasteiger partial charge in [0.2, 0.25) is 0 Å². The topological polar surface area (TPSA) is 29.5 Å². The van der Waals surface area contributed by atoms with Crippen molar-refractivity contribution in [1.29, 1.82) is 0 Å². The number of carbonyl (C=O) groups is 1. The van der Waals surface area contributed by atoms with Gasteiger partial charge in [0, 0.05) is 18.0 Å². The molecule has 2 bridgehead atoms. The van der Waals surface area contributed by atoms with Crippen molar-refractivity contribution in [3.05, 3.63) is 35.6 Å². The van der Waals surface area contributed by atoms with E-state index in [1.165, 1.54) is 19.2 Å². The molecular formula is C16H20FNO2. The summed E-state index contributed by atoms with van der Waals surface area (Å²) in [5.74, 6) is -0.387. The predicted molar refractivity (Wildman–Crippen MR) is 73.8 cm³/mol. The zero-order chi connectivity index (χ0) is 14.3. The first-order chi connectivity index (χ1) is 9.61. The smallest absolute Gasteiger partial charge is 0.310 e. The fourth-order valence-corrected chi connectivity index (χ4v) is 3.98. The van der Waals surface area contributed by atoms with E-state index in [1.807, 2.05) is 0 Å². The molecule has 0 saturated carbocycles. The highest BCUT2D eigenvalue weighted by molar-refractivity contribution is 5.75. The second kappa shape index (κ2) is 5.17. The van der Waals surface area contributed by atoms with E-state index in [0.717, 1.165) is 24.8 Å². The lowest BCUT2D eigenvalue weighted by Gasteiger charge is -2.41. The van der Waals surface area contributed by atoms with Crippen molar-refractivity contribution >= 4 is 5.97 Å². The second-order valence-corrected chi connectivity index (χ2v) is 5.91. The van der Waals surface area contributed by atoms with Gasteiger partial charge in [-0.3, -0.25) is 9.69 Å². The van der Waals surface area contributed by atoms with Crippen LogP contribution in [0.15, 0.2) is 24.3 Å². The van der Waals surface area contributed by atoms with E-state index in [-0.39, 0.29) is 29.7 Å². The molecule has 20 heavy (non-hydrogen) atoms. The Labute approximate surface area is 118 Å². The Hall–Kier alpha value is -1.42. The zero-order valence-corrected chi connectivity index (χ0v) is 11.9. The molecule has 2 fully saturated rings. The summed E-state index contributed by atoms with van der Waals surface area (Å²) in [6, 6.07) is 7.34. The van der Waals surface area contributed by atoms with Crippen LogP contribution in [-0.2, 0) is 9.53 Å². The second-order valence-electron chi connectivity index (χ2n) is 5.91. The molecule has 0 amide bonds. The van der Waals surface area contributed by atoms with E-state index < -0.39 is 0 Å². The first kappa shape index (κ1) is 13.6. The summed E-state index contributed by atoms with van der Waals surface area (Å²) in [4.78, 5) is 14.5. The third-order valence-electron chi connectivity index (χ3n) is 5.04. The molecule has 0 N–H and O–H groups in total. The van der Waals surface area contributed by atoms with Crippen molar-refractivity contribution in [2.24, 2.45) is 5.92 Å². The van der Waals surface area contributed by atoms with Crippen molar-refractivity contribution < 1.29 is 13.9 Å². The molecule has 108 valence electrons. The quantitative estimate of drug-likeness (QED) is 0.778. The van der Waals surface area contributed by atoms with Gasteiger partial charge in [0.05, 0.1) is 13.0 Å². The van der Waals surface area contributed by atoms with Crippen LogP contribution >= 0.6 is 0 Å². The number of ether oxygens (including phenoxy) is 1. The lowest BCUT2D eigenvalue weighted by Crippen LogP contribution is -2.49. The third kappa shape index (κ3) is 2.12. The van der Waals surface area contributed by atoms with Gasteiger partial charge in [-0.15, -0.1) is 0 Å². The standard InChI is InChI=1S/C16H20FNO2/c1-18-12-7-8-14(18)15(16(19)20-2)13(9-12)10-3-5-11(17)6-4-10/h3-6,12-15H,7-9H2,1-2H3/t12?,13-,14?,15+/m1/s1/i1-1. The van der Waals surface area contributed by atoms with Gasteiger partial charge in [0.15, 0.2) is 0 Å². The number of rotatable bonds is 2. The minimum atomic E-state index is -0.237. The van der Waals surface area contributed by atoms with Gasteiger partial charge in [0.1, 0.15) is 5.82 Å². The Kier molecular flexibility index (Phi) is 3.50. The van der Waals surface area contributed by atoms with Crippen LogP contribution in [0.4, 0.5) is 4.39 Å². The first-order valence-electron chi connectivity index (χ1n) is 7.17. The summed E-state index contributed by atoms with van der Waals surface area (Å²) >= 11 is 0.